The van der Waals surface area contributed by atoms with Crippen LogP contribution in [0.3, 0.4) is 0 Å². The fraction of sp³-hybridized carbons (Fsp3) is 0.333. The molecule has 0 heterocycles. The lowest BCUT2D eigenvalue weighted by Crippen LogP contribution is -2.29. The molecule has 0 radical (unpaired) electrons. The average molecular weight is 482 g/mol. The van der Waals surface area contributed by atoms with Crippen LogP contribution < -0.4 is 9.46 Å². The number of benzene rings is 2. The van der Waals surface area contributed by atoms with Crippen LogP contribution >= 0.6 is 15.9 Å². The Kier molecular flexibility index (Phi) is 6.02. The summed E-state index contributed by atoms with van der Waals surface area (Å²) in [5.41, 5.74) is 0.592. The van der Waals surface area contributed by atoms with Crippen molar-refractivity contribution in [2.75, 3.05) is 0 Å². The first-order valence-corrected chi connectivity index (χ1v) is 10.6. The number of hydrogen-bond acceptors (Lipinski definition) is 3. The molecule has 1 N–H and O–H groups in total. The molecule has 1 aliphatic rings. The van der Waals surface area contributed by atoms with Gasteiger partial charge in [-0.15, -0.1) is 13.2 Å². The van der Waals surface area contributed by atoms with E-state index in [9.17, 15) is 26.0 Å². The maximum atomic E-state index is 13.4. The minimum atomic E-state index is -4.86. The zero-order valence-corrected chi connectivity index (χ0v) is 16.7. The third-order valence-electron chi connectivity index (χ3n) is 4.27. The molecule has 0 aromatic heterocycles. The minimum Gasteiger partial charge on any atom is -0.406 e. The van der Waals surface area contributed by atoms with E-state index < -0.39 is 34.0 Å². The third kappa shape index (κ3) is 5.68. The first-order valence-electron chi connectivity index (χ1n) is 8.36. The van der Waals surface area contributed by atoms with Crippen LogP contribution in [0.15, 0.2) is 51.8 Å². The molecule has 1 aliphatic carbocycles. The van der Waals surface area contributed by atoms with Crippen molar-refractivity contribution in [3.8, 4) is 5.75 Å². The monoisotopic (exact) mass is 481 g/mol. The predicted molar refractivity (Wildman–Crippen MR) is 97.6 cm³/mol. The van der Waals surface area contributed by atoms with Crippen LogP contribution in [0, 0.1) is 11.7 Å². The molecule has 152 valence electrons. The molecule has 0 spiro atoms. The number of sulfonamides is 1. The molecule has 3 rings (SSSR count). The number of ether oxygens (including phenoxy) is 1. The lowest BCUT2D eigenvalue weighted by molar-refractivity contribution is -0.274. The van der Waals surface area contributed by atoms with Gasteiger partial charge >= 0.3 is 6.36 Å². The molecule has 2 aromatic rings. The van der Waals surface area contributed by atoms with E-state index in [2.05, 4.69) is 25.4 Å². The van der Waals surface area contributed by atoms with E-state index in [1.54, 1.807) is 0 Å². The second kappa shape index (κ2) is 8.00. The van der Waals surface area contributed by atoms with Crippen molar-refractivity contribution in [3.05, 3.63) is 58.3 Å². The lowest BCUT2D eigenvalue weighted by Gasteiger charge is -2.20. The maximum Gasteiger partial charge on any atom is 0.573 e. The second-order valence-electron chi connectivity index (χ2n) is 6.54. The molecular formula is C18H16BrF4NO3S. The zero-order chi connectivity index (χ0) is 20.5. The van der Waals surface area contributed by atoms with E-state index >= 15 is 0 Å². The highest BCUT2D eigenvalue weighted by atomic mass is 79.9. The fourth-order valence-corrected chi connectivity index (χ4v) is 4.64. The topological polar surface area (TPSA) is 55.4 Å². The summed E-state index contributed by atoms with van der Waals surface area (Å²) in [6.07, 6.45) is -2.34. The van der Waals surface area contributed by atoms with Gasteiger partial charge in [0, 0.05) is 10.5 Å². The summed E-state index contributed by atoms with van der Waals surface area (Å²) < 4.78 is 82.3. The molecule has 28 heavy (non-hydrogen) atoms. The van der Waals surface area contributed by atoms with Crippen LogP contribution in [0.2, 0.25) is 0 Å². The zero-order valence-electron chi connectivity index (χ0n) is 14.3. The molecular weight excluding hydrogens is 466 g/mol. The SMILES string of the molecule is O=S(=O)(N[C@@H](CC1CC1)c1ccc(F)cc1Br)c1ccc(OC(F)(F)F)cc1. The summed E-state index contributed by atoms with van der Waals surface area (Å²) in [6, 6.07) is 7.37. The van der Waals surface area contributed by atoms with Gasteiger partial charge in [-0.05, 0) is 54.3 Å². The highest BCUT2D eigenvalue weighted by Crippen LogP contribution is 2.40. The van der Waals surface area contributed by atoms with Gasteiger partial charge in [-0.25, -0.2) is 17.5 Å². The van der Waals surface area contributed by atoms with Crippen LogP contribution in [0.4, 0.5) is 17.6 Å². The fourth-order valence-electron chi connectivity index (χ4n) is 2.79. The highest BCUT2D eigenvalue weighted by molar-refractivity contribution is 9.10. The van der Waals surface area contributed by atoms with Gasteiger partial charge < -0.3 is 4.74 Å². The second-order valence-corrected chi connectivity index (χ2v) is 9.11. The predicted octanol–water partition coefficient (Wildman–Crippen LogP) is 5.31. The van der Waals surface area contributed by atoms with Crippen LogP contribution in [-0.4, -0.2) is 14.8 Å². The van der Waals surface area contributed by atoms with Crippen molar-refractivity contribution in [3.63, 3.8) is 0 Å². The van der Waals surface area contributed by atoms with Crippen molar-refractivity contribution < 1.29 is 30.7 Å². The van der Waals surface area contributed by atoms with Crippen molar-refractivity contribution >= 4 is 26.0 Å². The lowest BCUT2D eigenvalue weighted by atomic mass is 10.0. The van der Waals surface area contributed by atoms with Crippen molar-refractivity contribution in [1.29, 1.82) is 0 Å². The molecule has 0 unspecified atom stereocenters. The van der Waals surface area contributed by atoms with Gasteiger partial charge in [-0.2, -0.15) is 0 Å². The van der Waals surface area contributed by atoms with Gasteiger partial charge in [0.15, 0.2) is 0 Å². The van der Waals surface area contributed by atoms with Crippen LogP contribution in [-0.2, 0) is 10.0 Å². The van der Waals surface area contributed by atoms with Gasteiger partial charge in [0.25, 0.3) is 0 Å². The molecule has 10 heteroatoms. The molecule has 2 aromatic carbocycles. The number of alkyl halides is 3. The Morgan fingerprint density at radius 1 is 1.14 bits per heavy atom. The summed E-state index contributed by atoms with van der Waals surface area (Å²) in [4.78, 5) is -0.193. The summed E-state index contributed by atoms with van der Waals surface area (Å²) in [7, 11) is -4.01. The quantitative estimate of drug-likeness (QED) is 0.545. The van der Waals surface area contributed by atoms with Crippen molar-refractivity contribution in [2.45, 2.75) is 36.6 Å². The summed E-state index contributed by atoms with van der Waals surface area (Å²) in [6.45, 7) is 0. The molecule has 0 saturated heterocycles. The summed E-state index contributed by atoms with van der Waals surface area (Å²) in [5.74, 6) is -0.599. The average Bonchev–Trinajstić information content (AvgIpc) is 3.37. The Bertz CT molecular complexity index is 944. The number of hydrogen-bond donors (Lipinski definition) is 1. The molecule has 0 amide bonds. The third-order valence-corrected chi connectivity index (χ3v) is 6.44. The first-order chi connectivity index (χ1) is 13.0. The molecule has 0 aliphatic heterocycles. The number of rotatable bonds is 7. The maximum absolute atomic E-state index is 13.4. The number of halogens is 5. The Hall–Kier alpha value is -1.65. The molecule has 0 bridgehead atoms. The van der Waals surface area contributed by atoms with Crippen LogP contribution in [0.1, 0.15) is 30.9 Å². The Balaban J connectivity index is 1.82. The highest BCUT2D eigenvalue weighted by Gasteiger charge is 2.32. The van der Waals surface area contributed by atoms with Gasteiger partial charge in [-0.1, -0.05) is 34.8 Å². The van der Waals surface area contributed by atoms with E-state index in [0.29, 0.717) is 22.4 Å². The Labute approximate surface area is 168 Å². The van der Waals surface area contributed by atoms with Crippen LogP contribution in [0.5, 0.6) is 5.75 Å². The van der Waals surface area contributed by atoms with Gasteiger partial charge in [0.05, 0.1) is 4.90 Å². The molecule has 4 nitrogen and oxygen atoms in total. The van der Waals surface area contributed by atoms with E-state index in [-0.39, 0.29) is 4.90 Å². The van der Waals surface area contributed by atoms with E-state index in [4.69, 9.17) is 0 Å². The molecule has 1 fully saturated rings. The van der Waals surface area contributed by atoms with Gasteiger partial charge in [0.1, 0.15) is 11.6 Å². The first kappa shape index (κ1) is 21.1. The van der Waals surface area contributed by atoms with Gasteiger partial charge in [0.2, 0.25) is 10.0 Å². The smallest absolute Gasteiger partial charge is 0.406 e. The normalized spacial score (nSPS) is 16.0. The minimum absolute atomic E-state index is 0.193. The molecule has 1 atom stereocenters. The Morgan fingerprint density at radius 3 is 2.32 bits per heavy atom. The van der Waals surface area contributed by atoms with Crippen LogP contribution in [0.25, 0.3) is 0 Å². The van der Waals surface area contributed by atoms with Crippen molar-refractivity contribution in [2.24, 2.45) is 5.92 Å². The number of nitrogens with one attached hydrogen (secondary N) is 1. The largest absolute Gasteiger partial charge is 0.573 e. The summed E-state index contributed by atoms with van der Waals surface area (Å²) >= 11 is 3.26. The molecule has 1 saturated carbocycles. The summed E-state index contributed by atoms with van der Waals surface area (Å²) in [5, 5.41) is 0. The van der Waals surface area contributed by atoms with Gasteiger partial charge in [-0.3, -0.25) is 0 Å². The van der Waals surface area contributed by atoms with E-state index in [1.165, 1.54) is 18.2 Å². The standard InChI is InChI=1S/C18H16BrF4NO3S/c19-16-10-12(20)3-8-15(16)17(9-11-1-2-11)24-28(25,26)14-6-4-13(5-7-14)27-18(21,22)23/h3-8,10-11,17,24H,1-2,9H2/t17-/m0/s1. The Morgan fingerprint density at radius 2 is 1.79 bits per heavy atom. The van der Waals surface area contributed by atoms with Crippen molar-refractivity contribution in [1.82, 2.24) is 4.72 Å². The van der Waals surface area contributed by atoms with E-state index in [0.717, 1.165) is 37.1 Å². The van der Waals surface area contributed by atoms with E-state index in [1.807, 2.05) is 0 Å².